The van der Waals surface area contributed by atoms with Crippen LogP contribution in [-0.4, -0.2) is 18.0 Å². The zero-order chi connectivity index (χ0) is 8.85. The van der Waals surface area contributed by atoms with Gasteiger partial charge in [0, 0.05) is 18.8 Å². The van der Waals surface area contributed by atoms with E-state index < -0.39 is 0 Å². The molecule has 0 unspecified atom stereocenters. The van der Waals surface area contributed by atoms with Crippen LogP contribution in [0.15, 0.2) is 11.3 Å². The SMILES string of the molecule is CCC(C)=C(C)N(CC)CC. The summed E-state index contributed by atoms with van der Waals surface area (Å²) < 4.78 is 0. The maximum absolute atomic E-state index is 2.40. The van der Waals surface area contributed by atoms with E-state index >= 15 is 0 Å². The molecule has 1 heteroatoms. The molecule has 0 N–H and O–H groups in total. The van der Waals surface area contributed by atoms with Crippen molar-refractivity contribution in [3.05, 3.63) is 11.3 Å². The number of allylic oxidation sites excluding steroid dienone is 2. The number of rotatable bonds is 4. The molecule has 0 atom stereocenters. The minimum absolute atomic E-state index is 1.12. The predicted octanol–water partition coefficient (Wildman–Crippen LogP) is 3.03. The van der Waals surface area contributed by atoms with Crippen molar-refractivity contribution in [2.75, 3.05) is 13.1 Å². The van der Waals surface area contributed by atoms with Crippen molar-refractivity contribution < 1.29 is 0 Å². The van der Waals surface area contributed by atoms with Crippen LogP contribution in [0.25, 0.3) is 0 Å². The summed E-state index contributed by atoms with van der Waals surface area (Å²) in [6.45, 7) is 13.3. The van der Waals surface area contributed by atoms with Crippen molar-refractivity contribution in [1.29, 1.82) is 0 Å². The van der Waals surface area contributed by atoms with Crippen LogP contribution in [0, 0.1) is 0 Å². The van der Waals surface area contributed by atoms with Gasteiger partial charge in [-0.15, -0.1) is 0 Å². The van der Waals surface area contributed by atoms with Crippen molar-refractivity contribution in [1.82, 2.24) is 4.90 Å². The third kappa shape index (κ3) is 2.96. The molecule has 0 bridgehead atoms. The van der Waals surface area contributed by atoms with Crippen molar-refractivity contribution in [3.63, 3.8) is 0 Å². The molecule has 0 spiro atoms. The van der Waals surface area contributed by atoms with Gasteiger partial charge >= 0.3 is 0 Å². The van der Waals surface area contributed by atoms with E-state index in [0.29, 0.717) is 0 Å². The van der Waals surface area contributed by atoms with Crippen LogP contribution in [0.2, 0.25) is 0 Å². The highest BCUT2D eigenvalue weighted by atomic mass is 15.1. The molecule has 0 aliphatic heterocycles. The molecule has 11 heavy (non-hydrogen) atoms. The third-order valence-electron chi connectivity index (χ3n) is 2.39. The Labute approximate surface area is 71.1 Å². The first-order valence-corrected chi connectivity index (χ1v) is 4.58. The Morgan fingerprint density at radius 2 is 1.45 bits per heavy atom. The zero-order valence-corrected chi connectivity index (χ0v) is 8.57. The second-order valence-electron chi connectivity index (χ2n) is 2.89. The van der Waals surface area contributed by atoms with Gasteiger partial charge in [-0.2, -0.15) is 0 Å². The summed E-state index contributed by atoms with van der Waals surface area (Å²) in [6.07, 6.45) is 1.17. The van der Waals surface area contributed by atoms with Crippen LogP contribution in [0.4, 0.5) is 0 Å². The lowest BCUT2D eigenvalue weighted by molar-refractivity contribution is 0.378. The van der Waals surface area contributed by atoms with E-state index in [2.05, 4.69) is 39.5 Å². The highest BCUT2D eigenvalue weighted by molar-refractivity contribution is 5.07. The van der Waals surface area contributed by atoms with E-state index in [9.17, 15) is 0 Å². The number of hydrogen-bond donors (Lipinski definition) is 0. The van der Waals surface area contributed by atoms with Crippen LogP contribution in [0.3, 0.4) is 0 Å². The van der Waals surface area contributed by atoms with E-state index in [1.807, 2.05) is 0 Å². The van der Waals surface area contributed by atoms with E-state index in [-0.39, 0.29) is 0 Å². The van der Waals surface area contributed by atoms with Gasteiger partial charge in [0.1, 0.15) is 0 Å². The lowest BCUT2D eigenvalue weighted by Crippen LogP contribution is -2.21. The molecular weight excluding hydrogens is 134 g/mol. The molecule has 0 rings (SSSR count). The highest BCUT2D eigenvalue weighted by Gasteiger charge is 2.01. The second-order valence-corrected chi connectivity index (χ2v) is 2.89. The Balaban J connectivity index is 4.28. The lowest BCUT2D eigenvalue weighted by atomic mass is 10.2. The standard InChI is InChI=1S/C10H21N/c1-6-9(4)10(5)11(7-2)8-3/h6-8H2,1-5H3. The van der Waals surface area contributed by atoms with Gasteiger partial charge < -0.3 is 4.90 Å². The Bertz CT molecular complexity index is 132. The first kappa shape index (κ1) is 10.5. The first-order chi connectivity index (χ1) is 5.17. The third-order valence-corrected chi connectivity index (χ3v) is 2.39. The maximum atomic E-state index is 2.40. The van der Waals surface area contributed by atoms with Gasteiger partial charge in [0.2, 0.25) is 0 Å². The molecule has 0 saturated heterocycles. The van der Waals surface area contributed by atoms with Crippen molar-refractivity contribution in [2.24, 2.45) is 0 Å². The van der Waals surface area contributed by atoms with Crippen LogP contribution < -0.4 is 0 Å². The Morgan fingerprint density at radius 3 is 1.73 bits per heavy atom. The summed E-state index contributed by atoms with van der Waals surface area (Å²) in [4.78, 5) is 2.40. The Hall–Kier alpha value is -0.460. The average molecular weight is 155 g/mol. The van der Waals surface area contributed by atoms with Crippen LogP contribution in [-0.2, 0) is 0 Å². The molecule has 0 aromatic heterocycles. The van der Waals surface area contributed by atoms with Gasteiger partial charge in [-0.25, -0.2) is 0 Å². The Kier molecular flexibility index (Phi) is 5.01. The first-order valence-electron chi connectivity index (χ1n) is 4.58. The van der Waals surface area contributed by atoms with E-state index in [1.165, 1.54) is 17.7 Å². The van der Waals surface area contributed by atoms with Gasteiger partial charge in [-0.3, -0.25) is 0 Å². The maximum Gasteiger partial charge on any atom is 0.0146 e. The highest BCUT2D eigenvalue weighted by Crippen LogP contribution is 2.11. The van der Waals surface area contributed by atoms with Gasteiger partial charge in [0.05, 0.1) is 0 Å². The molecule has 0 saturated carbocycles. The number of hydrogen-bond acceptors (Lipinski definition) is 1. The molecule has 66 valence electrons. The van der Waals surface area contributed by atoms with Gasteiger partial charge in [0.15, 0.2) is 0 Å². The molecule has 0 fully saturated rings. The molecule has 0 aromatic rings. The summed E-state index contributed by atoms with van der Waals surface area (Å²) in [5, 5.41) is 0. The van der Waals surface area contributed by atoms with E-state index in [1.54, 1.807) is 0 Å². The second kappa shape index (κ2) is 5.22. The van der Waals surface area contributed by atoms with Crippen molar-refractivity contribution >= 4 is 0 Å². The minimum Gasteiger partial charge on any atom is -0.376 e. The Morgan fingerprint density at radius 1 is 1.00 bits per heavy atom. The van der Waals surface area contributed by atoms with E-state index in [0.717, 1.165) is 13.1 Å². The molecule has 1 nitrogen and oxygen atoms in total. The monoisotopic (exact) mass is 155 g/mol. The predicted molar refractivity (Wildman–Crippen MR) is 51.6 cm³/mol. The number of nitrogens with zero attached hydrogens (tertiary/aromatic N) is 1. The van der Waals surface area contributed by atoms with Crippen LogP contribution in [0.1, 0.15) is 41.0 Å². The fourth-order valence-electron chi connectivity index (χ4n) is 1.22. The van der Waals surface area contributed by atoms with Gasteiger partial charge in [0.25, 0.3) is 0 Å². The van der Waals surface area contributed by atoms with Crippen LogP contribution in [0.5, 0.6) is 0 Å². The topological polar surface area (TPSA) is 3.24 Å². The van der Waals surface area contributed by atoms with Gasteiger partial charge in [-0.1, -0.05) is 12.5 Å². The summed E-state index contributed by atoms with van der Waals surface area (Å²) in [6, 6.07) is 0. The normalized spacial score (nSPS) is 12.8. The largest absolute Gasteiger partial charge is 0.376 e. The van der Waals surface area contributed by atoms with Crippen molar-refractivity contribution in [3.8, 4) is 0 Å². The molecule has 0 heterocycles. The summed E-state index contributed by atoms with van der Waals surface area (Å²) in [5.41, 5.74) is 2.96. The quantitative estimate of drug-likeness (QED) is 0.603. The lowest BCUT2D eigenvalue weighted by Gasteiger charge is -2.23. The summed E-state index contributed by atoms with van der Waals surface area (Å²) >= 11 is 0. The summed E-state index contributed by atoms with van der Waals surface area (Å²) in [5.74, 6) is 0. The minimum atomic E-state index is 1.12. The summed E-state index contributed by atoms with van der Waals surface area (Å²) in [7, 11) is 0. The smallest absolute Gasteiger partial charge is 0.0146 e. The zero-order valence-electron chi connectivity index (χ0n) is 8.57. The molecule has 0 aliphatic rings. The molecular formula is C10H21N. The fourth-order valence-corrected chi connectivity index (χ4v) is 1.22. The molecule has 0 aliphatic carbocycles. The molecule has 0 amide bonds. The van der Waals surface area contributed by atoms with E-state index in [4.69, 9.17) is 0 Å². The van der Waals surface area contributed by atoms with Crippen LogP contribution >= 0.6 is 0 Å². The van der Waals surface area contributed by atoms with Gasteiger partial charge in [-0.05, 0) is 34.1 Å². The average Bonchev–Trinajstić information content (AvgIpc) is 2.05. The van der Waals surface area contributed by atoms with Crippen molar-refractivity contribution in [2.45, 2.75) is 41.0 Å². The fraction of sp³-hybridized carbons (Fsp3) is 0.800. The molecule has 0 aromatic carbocycles. The molecule has 0 radical (unpaired) electrons.